The molecule has 0 aliphatic carbocycles. The minimum Gasteiger partial charge on any atom is -0.508 e. The number of fused-ring (bicyclic) bond motifs is 6. The molecule has 1 unspecified atom stereocenters. The minimum atomic E-state index is -1.03. The maximum Gasteiger partial charge on any atom is 0.324 e. The van der Waals surface area contributed by atoms with E-state index in [9.17, 15) is 24.3 Å². The lowest BCUT2D eigenvalue weighted by Crippen LogP contribution is -2.62. The number of likely N-dealkylation sites (tertiary alicyclic amines) is 1. The van der Waals surface area contributed by atoms with Gasteiger partial charge in [-0.15, -0.1) is 0 Å². The Kier molecular flexibility index (Phi) is 14.6. The first-order chi connectivity index (χ1) is 30.9. The SMILES string of the molecule is C=CC(=O)N1CC[C@H](CN(C)C(C(=O)N[C@H]2Cc3cc(O)cc(c3)-c3ccc4c(c3)c(c(-c3cccc(CN(C)C)c3)n4CC)CC(C)(C)COC(=O)[C@@H]3CCCN(N3)C2=O)C(C)C)C1. The molecule has 7 rings (SSSR count). The number of hydrogen-bond acceptors (Lipinski definition) is 9. The predicted molar refractivity (Wildman–Crippen MR) is 256 cm³/mol. The summed E-state index contributed by atoms with van der Waals surface area (Å²) in [5, 5.41) is 17.0. The molecule has 65 heavy (non-hydrogen) atoms. The van der Waals surface area contributed by atoms with Crippen LogP contribution in [0.3, 0.4) is 0 Å². The van der Waals surface area contributed by atoms with E-state index >= 15 is 0 Å². The number of carbonyl (C=O) groups excluding carboxylic acids is 4. The van der Waals surface area contributed by atoms with Gasteiger partial charge >= 0.3 is 5.97 Å². The Balaban J connectivity index is 1.29. The van der Waals surface area contributed by atoms with Crippen molar-refractivity contribution in [2.45, 2.75) is 97.9 Å². The number of phenols is 1. The van der Waals surface area contributed by atoms with Crippen LogP contribution in [-0.2, 0) is 49.8 Å². The summed E-state index contributed by atoms with van der Waals surface area (Å²) >= 11 is 0. The van der Waals surface area contributed by atoms with Gasteiger partial charge in [0.05, 0.1) is 18.3 Å². The second kappa shape index (κ2) is 19.9. The van der Waals surface area contributed by atoms with Crippen molar-refractivity contribution in [3.8, 4) is 28.1 Å². The molecule has 3 amide bonds. The van der Waals surface area contributed by atoms with E-state index in [0.717, 1.165) is 58.4 Å². The summed E-state index contributed by atoms with van der Waals surface area (Å²) in [4.78, 5) is 61.4. The molecule has 0 saturated carbocycles. The van der Waals surface area contributed by atoms with Crippen LogP contribution in [0.5, 0.6) is 5.75 Å². The molecule has 348 valence electrons. The number of aryl methyl sites for hydroxylation is 1. The zero-order chi connectivity index (χ0) is 46.7. The van der Waals surface area contributed by atoms with Crippen LogP contribution in [0.4, 0.5) is 0 Å². The number of hydrogen-bond donors (Lipinski definition) is 3. The fourth-order valence-corrected chi connectivity index (χ4v) is 10.3. The lowest BCUT2D eigenvalue weighted by molar-refractivity contribution is -0.155. The number of benzene rings is 3. The van der Waals surface area contributed by atoms with Crippen molar-refractivity contribution in [1.82, 2.24) is 35.0 Å². The van der Waals surface area contributed by atoms with Crippen LogP contribution in [0, 0.1) is 17.3 Å². The molecule has 3 aliphatic heterocycles. The van der Waals surface area contributed by atoms with E-state index in [-0.39, 0.29) is 48.3 Å². The van der Waals surface area contributed by atoms with Gasteiger partial charge in [0.1, 0.15) is 17.8 Å². The van der Waals surface area contributed by atoms with Crippen molar-refractivity contribution >= 4 is 34.6 Å². The molecule has 1 aromatic heterocycles. The summed E-state index contributed by atoms with van der Waals surface area (Å²) < 4.78 is 8.51. The van der Waals surface area contributed by atoms with Crippen molar-refractivity contribution in [3.63, 3.8) is 0 Å². The third kappa shape index (κ3) is 10.8. The molecule has 4 heterocycles. The lowest BCUT2D eigenvalue weighted by Gasteiger charge is -2.37. The smallest absolute Gasteiger partial charge is 0.324 e. The molecule has 4 aromatic rings. The number of rotatable bonds is 11. The molecule has 13 nitrogen and oxygen atoms in total. The highest BCUT2D eigenvalue weighted by Crippen LogP contribution is 2.41. The predicted octanol–water partition coefficient (Wildman–Crippen LogP) is 6.40. The number of nitrogens with zero attached hydrogens (tertiary/aromatic N) is 5. The second-order valence-electron chi connectivity index (χ2n) is 19.9. The van der Waals surface area contributed by atoms with Crippen LogP contribution in [-0.4, -0.2) is 125 Å². The Morgan fingerprint density at radius 2 is 1.80 bits per heavy atom. The van der Waals surface area contributed by atoms with E-state index in [1.165, 1.54) is 16.6 Å². The topological polar surface area (TPSA) is 140 Å². The Labute approximate surface area is 384 Å². The number of aromatic hydroxyl groups is 1. The number of hydrazine groups is 1. The number of cyclic esters (lactones) is 1. The Morgan fingerprint density at radius 3 is 2.52 bits per heavy atom. The number of nitrogens with one attached hydrogen (secondary N) is 2. The van der Waals surface area contributed by atoms with E-state index < -0.39 is 29.5 Å². The normalized spacial score (nSPS) is 20.9. The first-order valence-corrected chi connectivity index (χ1v) is 23.3. The highest BCUT2D eigenvalue weighted by Gasteiger charge is 2.38. The van der Waals surface area contributed by atoms with Crippen molar-refractivity contribution in [2.75, 3.05) is 53.9 Å². The van der Waals surface area contributed by atoms with Gasteiger partial charge in [0.15, 0.2) is 0 Å². The van der Waals surface area contributed by atoms with Gasteiger partial charge in [-0.3, -0.25) is 29.1 Å². The number of likely N-dealkylation sites (N-methyl/N-ethyl adjacent to an activating group) is 1. The minimum absolute atomic E-state index is 0.0506. The standard InChI is InChI=1S/C52H69N7O6/c1-10-46(61)57-21-19-35(31-57)30-56(9)47(33(3)4)49(62)53-44-25-36-23-39(26-40(60)24-36)37-17-18-45-41(27-37)42(48(58(45)11-2)38-15-12-14-34(22-38)29-55(7)8)28-52(5,6)32-65-51(64)43-16-13-20-59(54-43)50(44)63/h10,12,14-15,17-18,22-24,26-27,33,35,43-44,47,54,60H,1,11,13,16,19-21,25,28-32H2,2-9H3,(H,53,62)/t35-,43+,44+,47?/m1/s1. The van der Waals surface area contributed by atoms with Gasteiger partial charge in [-0.1, -0.05) is 64.6 Å². The molecule has 3 N–H and O–H groups in total. The van der Waals surface area contributed by atoms with E-state index in [2.05, 4.69) is 104 Å². The molecule has 3 aromatic carbocycles. The third-order valence-corrected chi connectivity index (χ3v) is 13.2. The van der Waals surface area contributed by atoms with Gasteiger partial charge in [-0.2, -0.15) is 0 Å². The zero-order valence-corrected chi connectivity index (χ0v) is 39.7. The average molecular weight is 888 g/mol. The summed E-state index contributed by atoms with van der Waals surface area (Å²) in [6.07, 6.45) is 3.94. The van der Waals surface area contributed by atoms with E-state index in [1.807, 2.05) is 31.9 Å². The number of phenolic OH excluding ortho intramolecular Hbond substituents is 1. The molecular formula is C52H69N7O6. The number of amides is 3. The summed E-state index contributed by atoms with van der Waals surface area (Å²) in [6.45, 7) is 17.9. The van der Waals surface area contributed by atoms with Crippen molar-refractivity contribution < 1.29 is 29.0 Å². The average Bonchev–Trinajstić information content (AvgIpc) is 3.85. The van der Waals surface area contributed by atoms with Gasteiger partial charge in [0.2, 0.25) is 11.8 Å². The fraction of sp³-hybridized carbons (Fsp3) is 0.500. The van der Waals surface area contributed by atoms with E-state index in [0.29, 0.717) is 51.0 Å². The molecule has 4 atom stereocenters. The highest BCUT2D eigenvalue weighted by atomic mass is 16.5. The largest absolute Gasteiger partial charge is 0.508 e. The first-order valence-electron chi connectivity index (χ1n) is 23.3. The van der Waals surface area contributed by atoms with Crippen LogP contribution in [0.25, 0.3) is 33.3 Å². The van der Waals surface area contributed by atoms with Crippen molar-refractivity contribution in [2.24, 2.45) is 17.3 Å². The summed E-state index contributed by atoms with van der Waals surface area (Å²) in [5.41, 5.74) is 10.8. The van der Waals surface area contributed by atoms with Crippen LogP contribution in [0.15, 0.2) is 73.3 Å². The molecule has 13 heteroatoms. The molecular weight excluding hydrogens is 819 g/mol. The van der Waals surface area contributed by atoms with Crippen molar-refractivity contribution in [1.29, 1.82) is 0 Å². The molecule has 2 fully saturated rings. The number of ether oxygens (including phenoxy) is 1. The van der Waals surface area contributed by atoms with E-state index in [1.54, 1.807) is 17.0 Å². The molecule has 0 radical (unpaired) electrons. The second-order valence-corrected chi connectivity index (χ2v) is 19.9. The van der Waals surface area contributed by atoms with Gasteiger partial charge < -0.3 is 29.5 Å². The number of carbonyl (C=O) groups is 4. The zero-order valence-electron chi connectivity index (χ0n) is 39.7. The Bertz CT molecular complexity index is 2420. The Morgan fingerprint density at radius 1 is 1.02 bits per heavy atom. The third-order valence-electron chi connectivity index (χ3n) is 13.2. The molecule has 2 saturated heterocycles. The van der Waals surface area contributed by atoms with Gasteiger partial charge in [-0.05, 0) is 135 Å². The van der Waals surface area contributed by atoms with Gasteiger partial charge in [0.25, 0.3) is 5.91 Å². The number of esters is 1. The summed E-state index contributed by atoms with van der Waals surface area (Å²) in [5.74, 6) is -1.06. The molecule has 3 aliphatic rings. The van der Waals surface area contributed by atoms with Crippen molar-refractivity contribution in [3.05, 3.63) is 90.0 Å². The Hall–Kier alpha value is -5.50. The monoisotopic (exact) mass is 888 g/mol. The maximum atomic E-state index is 14.7. The lowest BCUT2D eigenvalue weighted by atomic mass is 9.84. The van der Waals surface area contributed by atoms with Gasteiger partial charge in [0, 0.05) is 62.0 Å². The fourth-order valence-electron chi connectivity index (χ4n) is 10.3. The molecule has 6 bridgehead atoms. The van der Waals surface area contributed by atoms with Crippen LogP contribution in [0.2, 0.25) is 0 Å². The maximum absolute atomic E-state index is 14.7. The van der Waals surface area contributed by atoms with Crippen LogP contribution >= 0.6 is 0 Å². The highest BCUT2D eigenvalue weighted by molar-refractivity contribution is 5.95. The first kappa shape index (κ1) is 47.5. The van der Waals surface area contributed by atoms with Crippen LogP contribution in [0.1, 0.15) is 70.6 Å². The summed E-state index contributed by atoms with van der Waals surface area (Å²) in [7, 11) is 6.06. The van der Waals surface area contributed by atoms with E-state index in [4.69, 9.17) is 4.74 Å². The van der Waals surface area contributed by atoms with Gasteiger partial charge in [-0.25, -0.2) is 5.43 Å². The number of aromatic nitrogens is 1. The molecule has 0 spiro atoms. The quantitative estimate of drug-likeness (QED) is 0.115. The summed E-state index contributed by atoms with van der Waals surface area (Å²) in [6, 6.07) is 18.2. The van der Waals surface area contributed by atoms with Crippen LogP contribution < -0.4 is 10.7 Å².